The molecule has 1 aliphatic rings. The lowest BCUT2D eigenvalue weighted by molar-refractivity contribution is -0.156. The molecule has 0 bridgehead atoms. The maximum absolute atomic E-state index is 14.3. The number of halogens is 2. The van der Waals surface area contributed by atoms with Crippen LogP contribution >= 0.6 is 23.2 Å². The van der Waals surface area contributed by atoms with Crippen LogP contribution in [0.1, 0.15) is 83.4 Å². The zero-order chi connectivity index (χ0) is 25.0. The van der Waals surface area contributed by atoms with E-state index in [4.69, 9.17) is 23.2 Å². The maximum atomic E-state index is 14.3. The molecule has 1 saturated heterocycles. The molecule has 184 valence electrons. The summed E-state index contributed by atoms with van der Waals surface area (Å²) in [4.78, 5) is 16.6. The van der Waals surface area contributed by atoms with Crippen LogP contribution in [-0.2, 0) is 4.79 Å². The van der Waals surface area contributed by atoms with Crippen LogP contribution in [0.25, 0.3) is 0 Å². The summed E-state index contributed by atoms with van der Waals surface area (Å²) in [6.45, 7) is 15.1. The first-order valence-electron chi connectivity index (χ1n) is 12.5. The Bertz CT molecular complexity index is 984. The van der Waals surface area contributed by atoms with E-state index in [1.807, 2.05) is 30.3 Å². The number of carbonyl (C=O) groups is 1. The van der Waals surface area contributed by atoms with E-state index in [-0.39, 0.29) is 23.9 Å². The molecule has 2 aromatic carbocycles. The van der Waals surface area contributed by atoms with E-state index in [1.165, 1.54) is 5.56 Å². The number of benzene rings is 2. The Morgan fingerprint density at radius 2 is 1.71 bits per heavy atom. The molecule has 1 heterocycles. The molecular formula is C30H39Cl2NO. The zero-order valence-electron chi connectivity index (χ0n) is 21.2. The van der Waals surface area contributed by atoms with E-state index in [1.54, 1.807) is 0 Å². The number of carbonyl (C=O) groups excluding carboxylic acids is 1. The molecule has 1 amide bonds. The van der Waals surface area contributed by atoms with Gasteiger partial charge in [-0.3, -0.25) is 4.79 Å². The second-order valence-electron chi connectivity index (χ2n) is 10.9. The summed E-state index contributed by atoms with van der Waals surface area (Å²) < 4.78 is 0. The van der Waals surface area contributed by atoms with Gasteiger partial charge in [0.2, 0.25) is 5.91 Å². The van der Waals surface area contributed by atoms with Crippen molar-refractivity contribution in [1.29, 1.82) is 0 Å². The van der Waals surface area contributed by atoms with E-state index in [0.29, 0.717) is 23.3 Å². The first-order valence-corrected chi connectivity index (χ1v) is 13.3. The van der Waals surface area contributed by atoms with E-state index in [2.05, 4.69) is 70.4 Å². The van der Waals surface area contributed by atoms with Gasteiger partial charge in [-0.05, 0) is 72.9 Å². The van der Waals surface area contributed by atoms with Crippen LogP contribution in [0.15, 0.2) is 61.2 Å². The fourth-order valence-electron chi connectivity index (χ4n) is 5.55. The molecule has 34 heavy (non-hydrogen) atoms. The predicted octanol–water partition coefficient (Wildman–Crippen LogP) is 9.09. The van der Waals surface area contributed by atoms with E-state index < -0.39 is 5.41 Å². The number of piperidine rings is 1. The quantitative estimate of drug-likeness (QED) is 0.315. The molecule has 2 nitrogen and oxygen atoms in total. The highest BCUT2D eigenvalue weighted by atomic mass is 35.5. The van der Waals surface area contributed by atoms with E-state index in [9.17, 15) is 4.79 Å². The van der Waals surface area contributed by atoms with E-state index >= 15 is 0 Å². The number of hydrogen-bond donors (Lipinski definition) is 0. The number of rotatable bonds is 9. The third kappa shape index (κ3) is 5.89. The number of nitrogens with zero attached hydrogens (tertiary/aromatic N) is 1. The maximum Gasteiger partial charge on any atom is 0.229 e. The number of hydrogen-bond acceptors (Lipinski definition) is 1. The highest BCUT2D eigenvalue weighted by Gasteiger charge is 2.51. The lowest BCUT2D eigenvalue weighted by atomic mass is 9.66. The Labute approximate surface area is 216 Å². The summed E-state index contributed by atoms with van der Waals surface area (Å²) in [5, 5.41) is 1.43. The first-order chi connectivity index (χ1) is 16.1. The molecule has 0 aromatic heterocycles. The summed E-state index contributed by atoms with van der Waals surface area (Å²) in [5.41, 5.74) is 1.79. The van der Waals surface area contributed by atoms with Gasteiger partial charge in [0, 0.05) is 22.0 Å². The van der Waals surface area contributed by atoms with Crippen molar-refractivity contribution >= 4 is 29.1 Å². The summed E-state index contributed by atoms with van der Waals surface area (Å²) in [7, 11) is 0. The molecule has 0 N–H and O–H groups in total. The van der Waals surface area contributed by atoms with Crippen LogP contribution in [0.2, 0.25) is 10.0 Å². The minimum atomic E-state index is -0.511. The Kier molecular flexibility index (Phi) is 8.93. The van der Waals surface area contributed by atoms with Gasteiger partial charge in [-0.25, -0.2) is 0 Å². The summed E-state index contributed by atoms with van der Waals surface area (Å²) in [6, 6.07) is 16.2. The molecule has 0 saturated carbocycles. The number of allylic oxidation sites excluding steroid dienone is 1. The van der Waals surface area contributed by atoms with Gasteiger partial charge in [0.25, 0.3) is 0 Å². The van der Waals surface area contributed by atoms with Crippen molar-refractivity contribution < 1.29 is 4.79 Å². The van der Waals surface area contributed by atoms with Crippen molar-refractivity contribution in [2.45, 2.75) is 78.3 Å². The summed E-state index contributed by atoms with van der Waals surface area (Å²) in [6.07, 6.45) is 5.36. The molecule has 4 heteroatoms. The van der Waals surface area contributed by atoms with Gasteiger partial charge < -0.3 is 4.90 Å². The molecule has 2 aromatic rings. The lowest BCUT2D eigenvalue weighted by Crippen LogP contribution is -2.56. The van der Waals surface area contributed by atoms with Gasteiger partial charge in [-0.2, -0.15) is 0 Å². The molecular weight excluding hydrogens is 461 g/mol. The topological polar surface area (TPSA) is 20.3 Å². The van der Waals surface area contributed by atoms with Crippen LogP contribution in [0, 0.1) is 17.3 Å². The molecule has 4 atom stereocenters. The Morgan fingerprint density at radius 1 is 1.03 bits per heavy atom. The zero-order valence-corrected chi connectivity index (χ0v) is 22.7. The van der Waals surface area contributed by atoms with Crippen molar-refractivity contribution in [3.05, 3.63) is 82.4 Å². The Balaban J connectivity index is 2.22. The van der Waals surface area contributed by atoms with Gasteiger partial charge >= 0.3 is 0 Å². The van der Waals surface area contributed by atoms with Crippen LogP contribution in [0.3, 0.4) is 0 Å². The van der Waals surface area contributed by atoms with Crippen molar-refractivity contribution in [3.63, 3.8) is 0 Å². The van der Waals surface area contributed by atoms with Crippen LogP contribution in [0.4, 0.5) is 0 Å². The largest absolute Gasteiger partial charge is 0.331 e. The van der Waals surface area contributed by atoms with Crippen molar-refractivity contribution in [1.82, 2.24) is 4.90 Å². The third-order valence-corrected chi connectivity index (χ3v) is 7.84. The predicted molar refractivity (Wildman–Crippen MR) is 145 cm³/mol. The minimum Gasteiger partial charge on any atom is -0.331 e. The smallest absolute Gasteiger partial charge is 0.229 e. The van der Waals surface area contributed by atoms with Gasteiger partial charge in [-0.15, -0.1) is 6.58 Å². The highest BCUT2D eigenvalue weighted by Crippen LogP contribution is 2.53. The van der Waals surface area contributed by atoms with Gasteiger partial charge in [0.05, 0.1) is 11.5 Å². The van der Waals surface area contributed by atoms with E-state index in [0.717, 1.165) is 29.8 Å². The molecule has 1 aliphatic heterocycles. The molecule has 1 unspecified atom stereocenters. The lowest BCUT2D eigenvalue weighted by Gasteiger charge is -2.53. The SMILES string of the molecule is C=CC[C@@]1(C)CC(c2cccc(Cl)c2)[C@@H](c2ccc(Cl)cc2)N([C@H](CCC(C)C)C(C)C)C1=O. The standard InChI is InChI=1S/C30H39Cl2NO/c1-7-17-30(6)19-26(23-9-8-10-25(32)18-23)28(22-12-14-24(31)15-13-22)33(29(30)34)27(21(4)5)16-11-20(2)3/h7-10,12-15,18,20-21,26-28H,1,11,16-17,19H2,2-6H3/t26?,27-,28-,30+/m1/s1. The summed E-state index contributed by atoms with van der Waals surface area (Å²) in [5.74, 6) is 1.26. The normalized spacial score (nSPS) is 24.0. The summed E-state index contributed by atoms with van der Waals surface area (Å²) >= 11 is 12.7. The van der Waals surface area contributed by atoms with Gasteiger partial charge in [-0.1, -0.05) is 88.2 Å². The van der Waals surface area contributed by atoms with Gasteiger partial charge in [0.1, 0.15) is 0 Å². The Morgan fingerprint density at radius 3 is 2.26 bits per heavy atom. The number of amides is 1. The average molecular weight is 501 g/mol. The number of likely N-dealkylation sites (tertiary alicyclic amines) is 1. The fourth-order valence-corrected chi connectivity index (χ4v) is 5.87. The highest BCUT2D eigenvalue weighted by molar-refractivity contribution is 6.30. The fraction of sp³-hybridized carbons (Fsp3) is 0.500. The molecule has 0 aliphatic carbocycles. The molecule has 0 spiro atoms. The Hall–Kier alpha value is -1.77. The van der Waals surface area contributed by atoms with Crippen LogP contribution in [0.5, 0.6) is 0 Å². The van der Waals surface area contributed by atoms with Crippen LogP contribution in [-0.4, -0.2) is 16.8 Å². The molecule has 1 fully saturated rings. The second kappa shape index (κ2) is 11.3. The van der Waals surface area contributed by atoms with Gasteiger partial charge in [0.15, 0.2) is 0 Å². The van der Waals surface area contributed by atoms with Crippen molar-refractivity contribution in [3.8, 4) is 0 Å². The van der Waals surface area contributed by atoms with Crippen LogP contribution < -0.4 is 0 Å². The first kappa shape index (κ1) is 26.8. The van der Waals surface area contributed by atoms with Crippen molar-refractivity contribution in [2.75, 3.05) is 0 Å². The monoisotopic (exact) mass is 499 g/mol. The minimum absolute atomic E-state index is 0.0827. The van der Waals surface area contributed by atoms with Crippen molar-refractivity contribution in [2.24, 2.45) is 17.3 Å². The molecule has 0 radical (unpaired) electrons. The average Bonchev–Trinajstić information content (AvgIpc) is 2.77. The third-order valence-electron chi connectivity index (χ3n) is 7.35. The second-order valence-corrected chi connectivity index (χ2v) is 11.8. The molecule has 3 rings (SSSR count).